The fourth-order valence-corrected chi connectivity index (χ4v) is 3.45. The second-order valence-electron chi connectivity index (χ2n) is 7.40. The van der Waals surface area contributed by atoms with Crippen LogP contribution >= 0.6 is 0 Å². The number of hydrogen-bond donors (Lipinski definition) is 2. The third-order valence-electron chi connectivity index (χ3n) is 5.40. The van der Waals surface area contributed by atoms with Crippen LogP contribution in [0.2, 0.25) is 0 Å². The second-order valence-corrected chi connectivity index (χ2v) is 7.40. The number of amides is 3. The van der Waals surface area contributed by atoms with Gasteiger partial charge in [0.25, 0.3) is 0 Å². The Balaban J connectivity index is 2.19. The number of hydrogen-bond acceptors (Lipinski definition) is 4. The van der Waals surface area contributed by atoms with E-state index in [1.165, 1.54) is 24.5 Å². The Labute approximate surface area is 160 Å². The lowest BCUT2D eigenvalue weighted by atomic mass is 9.91. The summed E-state index contributed by atoms with van der Waals surface area (Å²) < 4.78 is 5.40. The van der Waals surface area contributed by atoms with E-state index in [0.717, 1.165) is 25.7 Å². The molecule has 1 saturated carbocycles. The number of nitrogens with one attached hydrogen (secondary N) is 2. The van der Waals surface area contributed by atoms with E-state index < -0.39 is 5.54 Å². The molecule has 0 unspecified atom stereocenters. The summed E-state index contributed by atoms with van der Waals surface area (Å²) in [6, 6.07) is 3.68. The van der Waals surface area contributed by atoms with Gasteiger partial charge in [0.15, 0.2) is 0 Å². The van der Waals surface area contributed by atoms with Crippen molar-refractivity contribution >= 4 is 17.7 Å². The van der Waals surface area contributed by atoms with Gasteiger partial charge in [-0.05, 0) is 38.3 Å². The summed E-state index contributed by atoms with van der Waals surface area (Å²) >= 11 is 0. The standard InChI is InChI=1S/C20H31N3O4/c1-4-20(3,19(26)22-16-9-6-5-7-10-16)23(14-17-11-8-12-27-17)18(25)13-21-15(2)24/h8,11-12,16H,4-7,9-10,13-14H2,1-3H3,(H,21,24)(H,22,26)/t20-/m1/s1. The van der Waals surface area contributed by atoms with Crippen molar-refractivity contribution in [2.24, 2.45) is 0 Å². The first-order valence-corrected chi connectivity index (χ1v) is 9.75. The highest BCUT2D eigenvalue weighted by atomic mass is 16.3. The lowest BCUT2D eigenvalue weighted by Gasteiger charge is -2.40. The molecule has 2 rings (SSSR count). The summed E-state index contributed by atoms with van der Waals surface area (Å²) in [6.45, 7) is 5.05. The molecule has 1 aromatic heterocycles. The van der Waals surface area contributed by atoms with E-state index >= 15 is 0 Å². The fraction of sp³-hybridized carbons (Fsp3) is 0.650. The molecule has 1 aliphatic carbocycles. The van der Waals surface area contributed by atoms with Crippen molar-refractivity contribution in [1.82, 2.24) is 15.5 Å². The van der Waals surface area contributed by atoms with E-state index in [2.05, 4.69) is 10.6 Å². The average Bonchev–Trinajstić information content (AvgIpc) is 3.17. The van der Waals surface area contributed by atoms with Crippen molar-refractivity contribution in [3.63, 3.8) is 0 Å². The maximum atomic E-state index is 13.2. The van der Waals surface area contributed by atoms with Gasteiger partial charge in [0.1, 0.15) is 11.3 Å². The highest BCUT2D eigenvalue weighted by molar-refractivity contribution is 5.92. The minimum atomic E-state index is -1.03. The first kappa shape index (κ1) is 21.0. The molecule has 27 heavy (non-hydrogen) atoms. The molecule has 150 valence electrons. The van der Waals surface area contributed by atoms with Crippen LogP contribution < -0.4 is 10.6 Å². The molecule has 0 aromatic carbocycles. The van der Waals surface area contributed by atoms with Crippen LogP contribution in [0.1, 0.15) is 65.1 Å². The van der Waals surface area contributed by atoms with Crippen LogP contribution in [0.25, 0.3) is 0 Å². The summed E-state index contributed by atoms with van der Waals surface area (Å²) in [5.41, 5.74) is -1.03. The van der Waals surface area contributed by atoms with Gasteiger partial charge in [0.05, 0.1) is 19.4 Å². The summed E-state index contributed by atoms with van der Waals surface area (Å²) in [7, 11) is 0. The van der Waals surface area contributed by atoms with Gasteiger partial charge in [-0.2, -0.15) is 0 Å². The van der Waals surface area contributed by atoms with E-state index in [4.69, 9.17) is 4.42 Å². The molecule has 7 heteroatoms. The monoisotopic (exact) mass is 377 g/mol. The maximum absolute atomic E-state index is 13.2. The van der Waals surface area contributed by atoms with Gasteiger partial charge in [-0.25, -0.2) is 0 Å². The van der Waals surface area contributed by atoms with Crippen molar-refractivity contribution < 1.29 is 18.8 Å². The zero-order valence-corrected chi connectivity index (χ0v) is 16.5. The molecule has 0 saturated heterocycles. The smallest absolute Gasteiger partial charge is 0.245 e. The molecule has 0 spiro atoms. The molecule has 1 fully saturated rings. The molecule has 3 amide bonds. The first-order valence-electron chi connectivity index (χ1n) is 9.75. The minimum Gasteiger partial charge on any atom is -0.467 e. The number of furan rings is 1. The van der Waals surface area contributed by atoms with Crippen LogP contribution in [0.4, 0.5) is 0 Å². The van der Waals surface area contributed by atoms with Crippen molar-refractivity contribution in [2.45, 2.75) is 77.4 Å². The Hall–Kier alpha value is -2.31. The molecular formula is C20H31N3O4. The molecule has 1 heterocycles. The van der Waals surface area contributed by atoms with Crippen molar-refractivity contribution in [2.75, 3.05) is 6.54 Å². The largest absolute Gasteiger partial charge is 0.467 e. The highest BCUT2D eigenvalue weighted by Gasteiger charge is 2.41. The second kappa shape index (κ2) is 9.58. The molecule has 2 N–H and O–H groups in total. The van der Waals surface area contributed by atoms with Crippen molar-refractivity contribution in [3.8, 4) is 0 Å². The third-order valence-corrected chi connectivity index (χ3v) is 5.40. The topological polar surface area (TPSA) is 91.7 Å². The van der Waals surface area contributed by atoms with E-state index in [-0.39, 0.29) is 36.9 Å². The van der Waals surface area contributed by atoms with Crippen molar-refractivity contribution in [1.29, 1.82) is 0 Å². The van der Waals surface area contributed by atoms with Gasteiger partial charge in [-0.3, -0.25) is 14.4 Å². The zero-order chi connectivity index (χ0) is 19.9. The molecule has 0 aliphatic heterocycles. The van der Waals surface area contributed by atoms with Gasteiger partial charge in [-0.15, -0.1) is 0 Å². The lowest BCUT2D eigenvalue weighted by Crippen LogP contribution is -2.61. The SMILES string of the molecule is CC[C@](C)(C(=O)NC1CCCCC1)N(Cc1ccco1)C(=O)CNC(C)=O. The van der Waals surface area contributed by atoms with E-state index in [0.29, 0.717) is 12.2 Å². The van der Waals surface area contributed by atoms with E-state index in [1.807, 2.05) is 6.92 Å². The Bertz CT molecular complexity index is 638. The predicted molar refractivity (Wildman–Crippen MR) is 102 cm³/mol. The molecule has 1 aromatic rings. The summed E-state index contributed by atoms with van der Waals surface area (Å²) in [6.07, 6.45) is 7.39. The molecule has 0 bridgehead atoms. The van der Waals surface area contributed by atoms with Gasteiger partial charge in [-0.1, -0.05) is 26.2 Å². The number of carbonyl (C=O) groups is 3. The van der Waals surface area contributed by atoms with E-state index in [1.54, 1.807) is 19.1 Å². The number of rotatable bonds is 8. The average molecular weight is 377 g/mol. The van der Waals surface area contributed by atoms with Crippen LogP contribution in [0.5, 0.6) is 0 Å². The highest BCUT2D eigenvalue weighted by Crippen LogP contribution is 2.25. The van der Waals surface area contributed by atoms with Gasteiger partial charge < -0.3 is 20.0 Å². The summed E-state index contributed by atoms with van der Waals surface area (Å²) in [4.78, 5) is 38.8. The fourth-order valence-electron chi connectivity index (χ4n) is 3.45. The number of nitrogens with zero attached hydrogens (tertiary/aromatic N) is 1. The Morgan fingerprint density at radius 1 is 1.26 bits per heavy atom. The Kier molecular flexibility index (Phi) is 7.45. The third kappa shape index (κ3) is 5.58. The lowest BCUT2D eigenvalue weighted by molar-refractivity contribution is -0.148. The number of carbonyl (C=O) groups excluding carboxylic acids is 3. The van der Waals surface area contributed by atoms with Crippen molar-refractivity contribution in [3.05, 3.63) is 24.2 Å². The predicted octanol–water partition coefficient (Wildman–Crippen LogP) is 2.36. The van der Waals surface area contributed by atoms with Gasteiger partial charge in [0, 0.05) is 13.0 Å². The van der Waals surface area contributed by atoms with Crippen LogP contribution in [-0.4, -0.2) is 40.7 Å². The quantitative estimate of drug-likeness (QED) is 0.727. The minimum absolute atomic E-state index is 0.150. The molecule has 0 radical (unpaired) electrons. The Morgan fingerprint density at radius 2 is 1.96 bits per heavy atom. The molecular weight excluding hydrogens is 346 g/mol. The molecule has 7 nitrogen and oxygen atoms in total. The maximum Gasteiger partial charge on any atom is 0.245 e. The summed E-state index contributed by atoms with van der Waals surface area (Å²) in [5.74, 6) is -0.160. The normalized spacial score (nSPS) is 17.0. The Morgan fingerprint density at radius 3 is 2.52 bits per heavy atom. The zero-order valence-electron chi connectivity index (χ0n) is 16.5. The first-order chi connectivity index (χ1) is 12.9. The van der Waals surface area contributed by atoms with Crippen LogP contribution in [0.3, 0.4) is 0 Å². The van der Waals surface area contributed by atoms with Crippen LogP contribution in [-0.2, 0) is 20.9 Å². The van der Waals surface area contributed by atoms with Crippen LogP contribution in [0, 0.1) is 0 Å². The van der Waals surface area contributed by atoms with E-state index in [9.17, 15) is 14.4 Å². The van der Waals surface area contributed by atoms with Crippen LogP contribution in [0.15, 0.2) is 22.8 Å². The molecule has 1 atom stereocenters. The summed E-state index contributed by atoms with van der Waals surface area (Å²) in [5, 5.41) is 5.67. The van der Waals surface area contributed by atoms with Gasteiger partial charge in [0.2, 0.25) is 17.7 Å². The molecule has 1 aliphatic rings. The van der Waals surface area contributed by atoms with Gasteiger partial charge >= 0.3 is 0 Å².